The van der Waals surface area contributed by atoms with Crippen LogP contribution in [-0.2, 0) is 0 Å². The molecule has 2 rings (SSSR count). The minimum atomic E-state index is 0.507. The van der Waals surface area contributed by atoms with Crippen LogP contribution in [0.1, 0.15) is 57.6 Å². The fraction of sp³-hybridized carbons (Fsp3) is 0.684. The van der Waals surface area contributed by atoms with Gasteiger partial charge in [0.25, 0.3) is 0 Å². The van der Waals surface area contributed by atoms with Gasteiger partial charge in [-0.1, -0.05) is 50.6 Å². The zero-order valence-electron chi connectivity index (χ0n) is 13.9. The summed E-state index contributed by atoms with van der Waals surface area (Å²) < 4.78 is 0. The Morgan fingerprint density at radius 1 is 1.05 bits per heavy atom. The third-order valence-corrected chi connectivity index (χ3v) is 4.40. The Bertz CT molecular complexity index is 368. The molecular weight excluding hydrogens is 256 g/mol. The van der Waals surface area contributed by atoms with Crippen molar-refractivity contribution >= 4 is 0 Å². The Morgan fingerprint density at radius 3 is 2.43 bits per heavy atom. The molecule has 1 heterocycles. The molecule has 1 atom stereocenters. The number of benzene rings is 1. The van der Waals surface area contributed by atoms with Crippen LogP contribution in [-0.4, -0.2) is 31.1 Å². The standard InChI is InChI=1S/C19H32N2/c1-17(2)16-19(18-10-5-3-6-11-18)20-12-9-15-21-13-7-4-8-14-21/h3,5-6,10-11,17,19-20H,4,7-9,12-16H2,1-2H3. The Labute approximate surface area is 130 Å². The molecule has 1 saturated heterocycles. The van der Waals surface area contributed by atoms with Gasteiger partial charge in [0.15, 0.2) is 0 Å². The van der Waals surface area contributed by atoms with Gasteiger partial charge in [-0.25, -0.2) is 0 Å². The van der Waals surface area contributed by atoms with Crippen LogP contribution in [0.15, 0.2) is 30.3 Å². The van der Waals surface area contributed by atoms with Crippen LogP contribution in [0.2, 0.25) is 0 Å². The Kier molecular flexibility index (Phi) is 7.25. The molecule has 1 N–H and O–H groups in total. The van der Waals surface area contributed by atoms with E-state index < -0.39 is 0 Å². The van der Waals surface area contributed by atoms with Gasteiger partial charge in [0.1, 0.15) is 0 Å². The van der Waals surface area contributed by atoms with Crippen LogP contribution in [0, 0.1) is 5.92 Å². The van der Waals surface area contributed by atoms with Gasteiger partial charge < -0.3 is 10.2 Å². The van der Waals surface area contributed by atoms with E-state index in [1.807, 2.05) is 0 Å². The summed E-state index contributed by atoms with van der Waals surface area (Å²) >= 11 is 0. The Morgan fingerprint density at radius 2 is 1.76 bits per heavy atom. The maximum absolute atomic E-state index is 3.78. The van der Waals surface area contributed by atoms with Gasteiger partial charge in [-0.15, -0.1) is 0 Å². The van der Waals surface area contributed by atoms with Crippen molar-refractivity contribution in [1.82, 2.24) is 10.2 Å². The second kappa shape index (κ2) is 9.22. The lowest BCUT2D eigenvalue weighted by molar-refractivity contribution is 0.224. The molecule has 0 saturated carbocycles. The summed E-state index contributed by atoms with van der Waals surface area (Å²) in [6.07, 6.45) is 6.70. The van der Waals surface area contributed by atoms with Crippen molar-refractivity contribution in [2.75, 3.05) is 26.2 Å². The van der Waals surface area contributed by atoms with E-state index in [2.05, 4.69) is 54.4 Å². The topological polar surface area (TPSA) is 15.3 Å². The SMILES string of the molecule is CC(C)CC(NCCCN1CCCCC1)c1ccccc1. The summed E-state index contributed by atoms with van der Waals surface area (Å²) in [4.78, 5) is 2.63. The van der Waals surface area contributed by atoms with E-state index in [1.54, 1.807) is 0 Å². The first-order chi connectivity index (χ1) is 10.3. The van der Waals surface area contributed by atoms with E-state index in [4.69, 9.17) is 0 Å². The summed E-state index contributed by atoms with van der Waals surface area (Å²) in [6, 6.07) is 11.4. The van der Waals surface area contributed by atoms with Gasteiger partial charge in [0.05, 0.1) is 0 Å². The average Bonchev–Trinajstić information content (AvgIpc) is 2.52. The maximum atomic E-state index is 3.78. The molecule has 0 aromatic heterocycles. The third kappa shape index (κ3) is 6.19. The molecule has 1 fully saturated rings. The molecule has 2 nitrogen and oxygen atoms in total. The number of nitrogens with zero attached hydrogens (tertiary/aromatic N) is 1. The molecule has 21 heavy (non-hydrogen) atoms. The maximum Gasteiger partial charge on any atom is 0.0322 e. The largest absolute Gasteiger partial charge is 0.310 e. The molecule has 1 aromatic carbocycles. The Balaban J connectivity index is 1.74. The zero-order valence-corrected chi connectivity index (χ0v) is 13.9. The fourth-order valence-electron chi connectivity index (χ4n) is 3.26. The van der Waals surface area contributed by atoms with Gasteiger partial charge in [-0.05, 0) is 63.3 Å². The average molecular weight is 288 g/mol. The highest BCUT2D eigenvalue weighted by Gasteiger charge is 2.13. The lowest BCUT2D eigenvalue weighted by Crippen LogP contribution is -2.33. The van der Waals surface area contributed by atoms with Crippen molar-refractivity contribution in [3.63, 3.8) is 0 Å². The molecule has 2 heteroatoms. The lowest BCUT2D eigenvalue weighted by Gasteiger charge is -2.27. The van der Waals surface area contributed by atoms with Crippen molar-refractivity contribution in [2.24, 2.45) is 5.92 Å². The molecule has 0 radical (unpaired) electrons. The van der Waals surface area contributed by atoms with E-state index in [0.29, 0.717) is 6.04 Å². The van der Waals surface area contributed by atoms with Crippen molar-refractivity contribution in [1.29, 1.82) is 0 Å². The number of piperidine rings is 1. The number of hydrogen-bond acceptors (Lipinski definition) is 2. The van der Waals surface area contributed by atoms with Crippen molar-refractivity contribution < 1.29 is 0 Å². The highest BCUT2D eigenvalue weighted by Crippen LogP contribution is 2.21. The molecule has 1 aliphatic heterocycles. The fourth-order valence-corrected chi connectivity index (χ4v) is 3.26. The minimum Gasteiger partial charge on any atom is -0.310 e. The summed E-state index contributed by atoms with van der Waals surface area (Å²) in [6.45, 7) is 9.64. The Hall–Kier alpha value is -0.860. The highest BCUT2D eigenvalue weighted by atomic mass is 15.1. The number of rotatable bonds is 8. The van der Waals surface area contributed by atoms with Gasteiger partial charge in [0.2, 0.25) is 0 Å². The van der Waals surface area contributed by atoms with Gasteiger partial charge in [-0.3, -0.25) is 0 Å². The van der Waals surface area contributed by atoms with E-state index >= 15 is 0 Å². The first kappa shape index (κ1) is 16.5. The summed E-state index contributed by atoms with van der Waals surface area (Å²) in [5.74, 6) is 0.727. The third-order valence-electron chi connectivity index (χ3n) is 4.40. The summed E-state index contributed by atoms with van der Waals surface area (Å²) in [5.41, 5.74) is 1.43. The predicted octanol–water partition coefficient (Wildman–Crippen LogP) is 4.24. The van der Waals surface area contributed by atoms with E-state index in [1.165, 1.54) is 57.3 Å². The van der Waals surface area contributed by atoms with Crippen LogP contribution in [0.4, 0.5) is 0 Å². The van der Waals surface area contributed by atoms with Crippen LogP contribution in [0.25, 0.3) is 0 Å². The molecule has 0 amide bonds. The predicted molar refractivity (Wildman–Crippen MR) is 91.5 cm³/mol. The van der Waals surface area contributed by atoms with E-state index in [9.17, 15) is 0 Å². The normalized spacial score (nSPS) is 18.0. The van der Waals surface area contributed by atoms with Gasteiger partial charge in [-0.2, -0.15) is 0 Å². The van der Waals surface area contributed by atoms with Crippen LogP contribution < -0.4 is 5.32 Å². The molecule has 0 aliphatic carbocycles. The number of nitrogens with one attached hydrogen (secondary N) is 1. The number of hydrogen-bond donors (Lipinski definition) is 1. The van der Waals surface area contributed by atoms with Crippen molar-refractivity contribution in [2.45, 2.75) is 52.0 Å². The lowest BCUT2D eigenvalue weighted by atomic mass is 9.97. The molecule has 0 spiro atoms. The van der Waals surface area contributed by atoms with Crippen LogP contribution in [0.5, 0.6) is 0 Å². The van der Waals surface area contributed by atoms with Crippen LogP contribution >= 0.6 is 0 Å². The first-order valence-electron chi connectivity index (χ1n) is 8.76. The summed E-state index contributed by atoms with van der Waals surface area (Å²) in [7, 11) is 0. The molecule has 1 unspecified atom stereocenters. The smallest absolute Gasteiger partial charge is 0.0322 e. The zero-order chi connectivity index (χ0) is 14.9. The van der Waals surface area contributed by atoms with E-state index in [-0.39, 0.29) is 0 Å². The molecule has 1 aliphatic rings. The van der Waals surface area contributed by atoms with Crippen molar-refractivity contribution in [3.05, 3.63) is 35.9 Å². The monoisotopic (exact) mass is 288 g/mol. The van der Waals surface area contributed by atoms with Gasteiger partial charge in [0, 0.05) is 6.04 Å². The van der Waals surface area contributed by atoms with E-state index in [0.717, 1.165) is 12.5 Å². The quantitative estimate of drug-likeness (QED) is 0.720. The molecule has 118 valence electrons. The summed E-state index contributed by atoms with van der Waals surface area (Å²) in [5, 5.41) is 3.78. The highest BCUT2D eigenvalue weighted by molar-refractivity contribution is 5.18. The second-order valence-electron chi connectivity index (χ2n) is 6.80. The van der Waals surface area contributed by atoms with Crippen LogP contribution in [0.3, 0.4) is 0 Å². The minimum absolute atomic E-state index is 0.507. The molecule has 0 bridgehead atoms. The second-order valence-corrected chi connectivity index (χ2v) is 6.80. The molecule has 1 aromatic rings. The first-order valence-corrected chi connectivity index (χ1v) is 8.76. The number of likely N-dealkylation sites (tertiary alicyclic amines) is 1. The van der Waals surface area contributed by atoms with Gasteiger partial charge >= 0.3 is 0 Å². The molecular formula is C19H32N2. The van der Waals surface area contributed by atoms with Crippen molar-refractivity contribution in [3.8, 4) is 0 Å².